The molecule has 0 radical (unpaired) electrons. The van der Waals surface area contributed by atoms with E-state index >= 15 is 0 Å². The smallest absolute Gasteiger partial charge is 0.247 e. The van der Waals surface area contributed by atoms with Crippen LogP contribution in [0, 0.1) is 0 Å². The highest BCUT2D eigenvalue weighted by Crippen LogP contribution is 2.21. The third kappa shape index (κ3) is 2.77. The molecule has 1 aromatic carbocycles. The molecule has 0 spiro atoms. The van der Waals surface area contributed by atoms with Crippen LogP contribution in [0.15, 0.2) is 34.7 Å². The molecule has 3 rings (SSSR count). The van der Waals surface area contributed by atoms with Crippen molar-refractivity contribution < 1.29 is 9.21 Å². The van der Waals surface area contributed by atoms with E-state index in [9.17, 15) is 4.79 Å². The van der Waals surface area contributed by atoms with Crippen LogP contribution in [0.2, 0.25) is 0 Å². The van der Waals surface area contributed by atoms with E-state index in [0.717, 1.165) is 37.7 Å². The maximum Gasteiger partial charge on any atom is 0.247 e. The Bertz CT molecular complexity index is 568. The van der Waals surface area contributed by atoms with Crippen LogP contribution in [-0.2, 0) is 11.3 Å². The molecular weight excluding hydrogens is 254 g/mol. The Kier molecular flexibility index (Phi) is 3.87. The lowest BCUT2D eigenvalue weighted by Gasteiger charge is -2.30. The van der Waals surface area contributed by atoms with Gasteiger partial charge in [-0.25, -0.2) is 0 Å². The van der Waals surface area contributed by atoms with Crippen LogP contribution >= 0.6 is 0 Å². The summed E-state index contributed by atoms with van der Waals surface area (Å²) in [5, 5.41) is 8.15. The lowest BCUT2D eigenvalue weighted by Crippen LogP contribution is -2.39. The van der Waals surface area contributed by atoms with Gasteiger partial charge in [-0.15, -0.1) is 10.2 Å². The van der Waals surface area contributed by atoms with Gasteiger partial charge in [0, 0.05) is 5.56 Å². The predicted octanol–water partition coefficient (Wildman–Crippen LogP) is 2.29. The fourth-order valence-corrected chi connectivity index (χ4v) is 2.56. The molecular formula is C15H17N3O2. The van der Waals surface area contributed by atoms with Crippen molar-refractivity contribution in [2.24, 2.45) is 0 Å². The van der Waals surface area contributed by atoms with Gasteiger partial charge in [-0.3, -0.25) is 4.90 Å². The third-order valence-corrected chi connectivity index (χ3v) is 3.65. The maximum atomic E-state index is 11.1. The zero-order valence-electron chi connectivity index (χ0n) is 11.2. The summed E-state index contributed by atoms with van der Waals surface area (Å²) in [5.74, 6) is 1.10. The summed E-state index contributed by atoms with van der Waals surface area (Å²) in [7, 11) is 0. The molecule has 1 aliphatic heterocycles. The summed E-state index contributed by atoms with van der Waals surface area (Å²) in [6, 6.07) is 9.68. The summed E-state index contributed by atoms with van der Waals surface area (Å²) >= 11 is 0. The first-order valence-corrected chi connectivity index (χ1v) is 6.94. The van der Waals surface area contributed by atoms with E-state index in [1.54, 1.807) is 0 Å². The maximum absolute atomic E-state index is 11.1. The normalized spacial score (nSPS) is 19.9. The minimum atomic E-state index is -0.0178. The van der Waals surface area contributed by atoms with Gasteiger partial charge >= 0.3 is 0 Å². The van der Waals surface area contributed by atoms with Crippen molar-refractivity contribution >= 4 is 6.29 Å². The third-order valence-electron chi connectivity index (χ3n) is 3.65. The Morgan fingerprint density at radius 1 is 1.25 bits per heavy atom. The molecule has 1 atom stereocenters. The summed E-state index contributed by atoms with van der Waals surface area (Å²) in [4.78, 5) is 13.2. The van der Waals surface area contributed by atoms with Gasteiger partial charge in [0.15, 0.2) is 0 Å². The first-order valence-electron chi connectivity index (χ1n) is 6.94. The molecule has 0 saturated carbocycles. The highest BCUT2D eigenvalue weighted by atomic mass is 16.4. The zero-order chi connectivity index (χ0) is 13.8. The molecule has 0 N–H and O–H groups in total. The summed E-state index contributed by atoms with van der Waals surface area (Å²) in [6.07, 6.45) is 4.17. The topological polar surface area (TPSA) is 59.2 Å². The molecule has 1 saturated heterocycles. The fourth-order valence-electron chi connectivity index (χ4n) is 2.56. The second-order valence-electron chi connectivity index (χ2n) is 5.04. The van der Waals surface area contributed by atoms with Crippen molar-refractivity contribution in [3.05, 3.63) is 36.2 Å². The van der Waals surface area contributed by atoms with Crippen molar-refractivity contribution in [2.75, 3.05) is 6.54 Å². The highest BCUT2D eigenvalue weighted by Gasteiger charge is 2.23. The molecule has 0 bridgehead atoms. The average molecular weight is 271 g/mol. The number of benzene rings is 1. The van der Waals surface area contributed by atoms with Gasteiger partial charge in [-0.05, 0) is 31.5 Å². The number of aldehydes is 1. The van der Waals surface area contributed by atoms with Crippen molar-refractivity contribution in [3.8, 4) is 11.5 Å². The second kappa shape index (κ2) is 5.96. The number of nitrogens with zero attached hydrogens (tertiary/aromatic N) is 3. The molecule has 1 aliphatic rings. The number of hydrogen-bond acceptors (Lipinski definition) is 5. The van der Waals surface area contributed by atoms with Gasteiger partial charge < -0.3 is 9.21 Å². The van der Waals surface area contributed by atoms with E-state index in [4.69, 9.17) is 4.42 Å². The minimum absolute atomic E-state index is 0.0178. The molecule has 1 aromatic heterocycles. The lowest BCUT2D eigenvalue weighted by molar-refractivity contribution is -0.113. The second-order valence-corrected chi connectivity index (χ2v) is 5.04. The number of piperidine rings is 1. The highest BCUT2D eigenvalue weighted by molar-refractivity contribution is 5.57. The Balaban J connectivity index is 1.72. The van der Waals surface area contributed by atoms with E-state index < -0.39 is 0 Å². The van der Waals surface area contributed by atoms with Crippen LogP contribution in [0.1, 0.15) is 25.2 Å². The number of likely N-dealkylation sites (tertiary alicyclic amines) is 1. The zero-order valence-corrected chi connectivity index (χ0v) is 11.2. The molecule has 1 unspecified atom stereocenters. The van der Waals surface area contributed by atoms with Gasteiger partial charge in [0.2, 0.25) is 11.8 Å². The number of hydrogen-bond donors (Lipinski definition) is 0. The first-order chi connectivity index (χ1) is 9.86. The van der Waals surface area contributed by atoms with Crippen LogP contribution in [0.25, 0.3) is 11.5 Å². The van der Waals surface area contributed by atoms with Gasteiger partial charge in [0.1, 0.15) is 6.29 Å². The molecule has 0 amide bonds. The number of carbonyl (C=O) groups excluding carboxylic acids is 1. The first kappa shape index (κ1) is 13.0. The quantitative estimate of drug-likeness (QED) is 0.798. The summed E-state index contributed by atoms with van der Waals surface area (Å²) in [6.45, 7) is 1.45. The number of carbonyl (C=O) groups is 1. The number of aromatic nitrogens is 2. The van der Waals surface area contributed by atoms with Crippen LogP contribution in [-0.4, -0.2) is 34.0 Å². The fraction of sp³-hybridized carbons (Fsp3) is 0.400. The predicted molar refractivity (Wildman–Crippen MR) is 73.8 cm³/mol. The Morgan fingerprint density at radius 2 is 2.10 bits per heavy atom. The Hall–Kier alpha value is -2.01. The van der Waals surface area contributed by atoms with Crippen LogP contribution in [0.3, 0.4) is 0 Å². The van der Waals surface area contributed by atoms with Gasteiger partial charge in [-0.1, -0.05) is 24.6 Å². The number of rotatable bonds is 4. The van der Waals surface area contributed by atoms with Gasteiger partial charge in [0.05, 0.1) is 12.6 Å². The van der Waals surface area contributed by atoms with E-state index in [2.05, 4.69) is 15.1 Å². The minimum Gasteiger partial charge on any atom is -0.419 e. The lowest BCUT2D eigenvalue weighted by atomic mass is 10.0. The summed E-state index contributed by atoms with van der Waals surface area (Å²) < 4.78 is 5.69. The van der Waals surface area contributed by atoms with E-state index in [0.29, 0.717) is 18.3 Å². The molecule has 1 fully saturated rings. The van der Waals surface area contributed by atoms with Crippen molar-refractivity contribution in [3.63, 3.8) is 0 Å². The van der Waals surface area contributed by atoms with Crippen LogP contribution in [0.4, 0.5) is 0 Å². The van der Waals surface area contributed by atoms with Gasteiger partial charge in [-0.2, -0.15) is 0 Å². The van der Waals surface area contributed by atoms with E-state index in [1.165, 1.54) is 0 Å². The van der Waals surface area contributed by atoms with E-state index in [-0.39, 0.29) is 6.04 Å². The Labute approximate surface area is 117 Å². The molecule has 5 nitrogen and oxygen atoms in total. The summed E-state index contributed by atoms with van der Waals surface area (Å²) in [5.41, 5.74) is 0.914. The molecule has 0 aliphatic carbocycles. The standard InChI is InChI=1S/C15H17N3O2/c19-11-13-8-4-5-9-18(13)10-14-16-17-15(20-14)12-6-2-1-3-7-12/h1-3,6-7,11,13H,4-5,8-10H2. The molecule has 104 valence electrons. The van der Waals surface area contributed by atoms with Crippen LogP contribution in [0.5, 0.6) is 0 Å². The van der Waals surface area contributed by atoms with Crippen molar-refractivity contribution in [1.82, 2.24) is 15.1 Å². The van der Waals surface area contributed by atoms with Crippen molar-refractivity contribution in [2.45, 2.75) is 31.8 Å². The monoisotopic (exact) mass is 271 g/mol. The van der Waals surface area contributed by atoms with E-state index in [1.807, 2.05) is 30.3 Å². The molecule has 2 heterocycles. The van der Waals surface area contributed by atoms with Crippen molar-refractivity contribution in [1.29, 1.82) is 0 Å². The molecule has 20 heavy (non-hydrogen) atoms. The average Bonchev–Trinajstić information content (AvgIpc) is 2.97. The molecule has 5 heteroatoms. The largest absolute Gasteiger partial charge is 0.419 e. The Morgan fingerprint density at radius 3 is 2.90 bits per heavy atom. The SMILES string of the molecule is O=CC1CCCCN1Cc1nnc(-c2ccccc2)o1. The van der Waals surface area contributed by atoms with Gasteiger partial charge in [0.25, 0.3) is 0 Å². The molecule has 2 aromatic rings. The van der Waals surface area contributed by atoms with Crippen LogP contribution < -0.4 is 0 Å².